The first-order valence-corrected chi connectivity index (χ1v) is 12.4. The molecule has 2 aromatic heterocycles. The largest absolute Gasteiger partial charge is 0.444 e. The summed E-state index contributed by atoms with van der Waals surface area (Å²) in [7, 11) is 0. The fourth-order valence-electron chi connectivity index (χ4n) is 4.17. The molecule has 12 heteroatoms. The Kier molecular flexibility index (Phi) is 7.07. The van der Waals surface area contributed by atoms with Crippen LogP contribution in [-0.4, -0.2) is 56.4 Å². The molecule has 1 aliphatic heterocycles. The number of nitrogens with zero attached hydrogens (tertiary/aromatic N) is 4. The van der Waals surface area contributed by atoms with Crippen molar-refractivity contribution < 1.29 is 24.0 Å². The molecule has 11 nitrogen and oxygen atoms in total. The molecule has 4 rings (SSSR count). The van der Waals surface area contributed by atoms with Crippen LogP contribution in [0.4, 0.5) is 16.4 Å². The van der Waals surface area contributed by atoms with Gasteiger partial charge in [-0.25, -0.2) is 9.78 Å². The van der Waals surface area contributed by atoms with Crippen molar-refractivity contribution in [2.45, 2.75) is 51.7 Å². The molecule has 3 heterocycles. The molecule has 0 radical (unpaired) electrons. The molecule has 0 aliphatic carbocycles. The van der Waals surface area contributed by atoms with Gasteiger partial charge in [-0.3, -0.25) is 25.0 Å². The van der Waals surface area contributed by atoms with Crippen molar-refractivity contribution in [2.75, 3.05) is 18.4 Å². The second kappa shape index (κ2) is 10.1. The van der Waals surface area contributed by atoms with Gasteiger partial charge >= 0.3 is 6.09 Å². The van der Waals surface area contributed by atoms with E-state index in [2.05, 4.69) is 10.3 Å². The van der Waals surface area contributed by atoms with E-state index < -0.39 is 22.5 Å². The van der Waals surface area contributed by atoms with Crippen LogP contribution in [0.2, 0.25) is 0 Å². The molecule has 0 unspecified atom stereocenters. The van der Waals surface area contributed by atoms with E-state index >= 15 is 0 Å². The summed E-state index contributed by atoms with van der Waals surface area (Å²) in [6.45, 7) is 6.31. The van der Waals surface area contributed by atoms with Crippen LogP contribution in [0.1, 0.15) is 66.1 Å². The third-order valence-electron chi connectivity index (χ3n) is 5.76. The Morgan fingerprint density at radius 1 is 1.28 bits per heavy atom. The van der Waals surface area contributed by atoms with Gasteiger partial charge in [-0.2, -0.15) is 0 Å². The van der Waals surface area contributed by atoms with E-state index in [4.69, 9.17) is 4.74 Å². The van der Waals surface area contributed by atoms with Crippen molar-refractivity contribution in [3.05, 3.63) is 50.2 Å². The highest BCUT2D eigenvalue weighted by Crippen LogP contribution is 2.32. The number of anilines is 1. The van der Waals surface area contributed by atoms with E-state index in [0.29, 0.717) is 36.1 Å². The van der Waals surface area contributed by atoms with Crippen molar-refractivity contribution >= 4 is 52.3 Å². The number of carbonyl (C=O) groups excluding carboxylic acids is 3. The summed E-state index contributed by atoms with van der Waals surface area (Å²) in [6, 6.07) is 6.00. The fraction of sp³-hybridized carbons (Fsp3) is 0.417. The van der Waals surface area contributed by atoms with E-state index in [-0.39, 0.29) is 22.6 Å². The number of aromatic nitrogens is 2. The van der Waals surface area contributed by atoms with E-state index in [1.54, 1.807) is 23.1 Å². The minimum absolute atomic E-state index is 0.161. The van der Waals surface area contributed by atoms with E-state index in [0.717, 1.165) is 30.5 Å². The lowest BCUT2D eigenvalue weighted by atomic mass is 10.1. The number of carbonyl (C=O) groups is 3. The summed E-state index contributed by atoms with van der Waals surface area (Å²) >= 11 is 0.966. The molecule has 1 atom stereocenters. The Morgan fingerprint density at radius 3 is 2.72 bits per heavy atom. The molecule has 190 valence electrons. The monoisotopic (exact) mass is 513 g/mol. The van der Waals surface area contributed by atoms with Gasteiger partial charge in [-0.1, -0.05) is 0 Å². The highest BCUT2D eigenvalue weighted by atomic mass is 32.1. The van der Waals surface area contributed by atoms with Gasteiger partial charge < -0.3 is 14.2 Å². The van der Waals surface area contributed by atoms with Crippen LogP contribution in [-0.2, 0) is 4.74 Å². The number of amides is 2. The number of ether oxygens (including phenoxy) is 1. The molecule has 1 saturated heterocycles. The zero-order valence-corrected chi connectivity index (χ0v) is 21.0. The molecule has 3 aromatic rings. The van der Waals surface area contributed by atoms with Crippen molar-refractivity contribution in [3.63, 3.8) is 0 Å². The summed E-state index contributed by atoms with van der Waals surface area (Å²) in [5.41, 5.74) is 0.866. The Hall–Kier alpha value is -3.80. The minimum atomic E-state index is -0.637. The SMILES string of the molecule is CC(C)(C)OC(=O)N1CCCC[C@@H](n2c(NC(=O)c3cc([N+](=O)[O-])cs3)nc3ccc(C=O)cc32)C1. The predicted octanol–water partition coefficient (Wildman–Crippen LogP) is 5.03. The average molecular weight is 514 g/mol. The second-order valence-corrected chi connectivity index (χ2v) is 10.5. The van der Waals surface area contributed by atoms with Crippen molar-refractivity contribution in [2.24, 2.45) is 0 Å². The molecule has 2 amide bonds. The van der Waals surface area contributed by atoms with Gasteiger partial charge in [-0.15, -0.1) is 11.3 Å². The Labute approximate surface area is 211 Å². The molecule has 1 fully saturated rings. The third kappa shape index (κ3) is 5.54. The Morgan fingerprint density at radius 2 is 2.06 bits per heavy atom. The standard InChI is InChI=1S/C24H27N5O6S/c1-24(2,3)35-23(32)27-9-5-4-6-16(12-27)28-19-10-15(13-30)7-8-18(19)25-22(28)26-21(31)20-11-17(14-36-20)29(33)34/h7-8,10-11,13-14,16H,4-6,9,12H2,1-3H3,(H,25,26,31)/t16-/m1/s1. The summed E-state index contributed by atoms with van der Waals surface area (Å²) in [4.78, 5) is 54.2. The smallest absolute Gasteiger partial charge is 0.410 e. The van der Waals surface area contributed by atoms with Crippen LogP contribution in [0.5, 0.6) is 0 Å². The molecule has 36 heavy (non-hydrogen) atoms. The molecule has 0 saturated carbocycles. The van der Waals surface area contributed by atoms with E-state index in [1.165, 1.54) is 11.4 Å². The number of likely N-dealkylation sites (tertiary alicyclic amines) is 1. The van der Waals surface area contributed by atoms with Crippen molar-refractivity contribution in [1.29, 1.82) is 0 Å². The third-order valence-corrected chi connectivity index (χ3v) is 6.68. The maximum Gasteiger partial charge on any atom is 0.410 e. The lowest BCUT2D eigenvalue weighted by Crippen LogP contribution is -2.39. The summed E-state index contributed by atoms with van der Waals surface area (Å²) in [6.07, 6.45) is 2.66. The number of hydrogen-bond acceptors (Lipinski definition) is 8. The first kappa shape index (κ1) is 25.3. The second-order valence-electron chi connectivity index (χ2n) is 9.63. The van der Waals surface area contributed by atoms with Gasteiger partial charge in [0.2, 0.25) is 5.95 Å². The highest BCUT2D eigenvalue weighted by molar-refractivity contribution is 7.12. The molecule has 0 spiro atoms. The number of rotatable bonds is 5. The predicted molar refractivity (Wildman–Crippen MR) is 135 cm³/mol. The number of imidazole rings is 1. The van der Waals surface area contributed by atoms with Gasteiger partial charge in [-0.05, 0) is 58.2 Å². The summed E-state index contributed by atoms with van der Waals surface area (Å²) in [5, 5.41) is 15.1. The number of nitrogens with one attached hydrogen (secondary N) is 1. The Bertz CT molecular complexity index is 1320. The van der Waals surface area contributed by atoms with Crippen LogP contribution in [0, 0.1) is 10.1 Å². The van der Waals surface area contributed by atoms with Gasteiger partial charge in [0, 0.05) is 24.7 Å². The quantitative estimate of drug-likeness (QED) is 0.287. The highest BCUT2D eigenvalue weighted by Gasteiger charge is 2.30. The fourth-order valence-corrected chi connectivity index (χ4v) is 4.92. The number of nitro groups is 1. The Balaban J connectivity index is 1.71. The first-order chi connectivity index (χ1) is 17.1. The lowest BCUT2D eigenvalue weighted by Gasteiger charge is -2.29. The zero-order chi connectivity index (χ0) is 26.0. The van der Waals surface area contributed by atoms with Crippen molar-refractivity contribution in [3.8, 4) is 0 Å². The number of aldehydes is 1. The molecule has 0 bridgehead atoms. The number of thiophene rings is 1. The summed E-state index contributed by atoms with van der Waals surface area (Å²) in [5.74, 6) is -0.289. The molecule has 1 aromatic carbocycles. The van der Waals surface area contributed by atoms with Crippen LogP contribution < -0.4 is 5.32 Å². The van der Waals surface area contributed by atoms with Crippen LogP contribution in [0.15, 0.2) is 29.6 Å². The zero-order valence-electron chi connectivity index (χ0n) is 20.2. The lowest BCUT2D eigenvalue weighted by molar-refractivity contribution is -0.384. The maximum atomic E-state index is 13.0. The molecule has 1 N–H and O–H groups in total. The van der Waals surface area contributed by atoms with E-state index in [1.807, 2.05) is 25.3 Å². The topological polar surface area (TPSA) is 137 Å². The van der Waals surface area contributed by atoms with Gasteiger partial charge in [0.1, 0.15) is 11.9 Å². The van der Waals surface area contributed by atoms with Gasteiger partial charge in [0.05, 0.1) is 32.3 Å². The van der Waals surface area contributed by atoms with Crippen LogP contribution in [0.3, 0.4) is 0 Å². The first-order valence-electron chi connectivity index (χ1n) is 11.5. The minimum Gasteiger partial charge on any atom is -0.444 e. The molecule has 1 aliphatic rings. The number of benzene rings is 1. The number of hydrogen-bond donors (Lipinski definition) is 1. The van der Waals surface area contributed by atoms with Crippen molar-refractivity contribution in [1.82, 2.24) is 14.5 Å². The van der Waals surface area contributed by atoms with Gasteiger partial charge in [0.15, 0.2) is 0 Å². The summed E-state index contributed by atoms with van der Waals surface area (Å²) < 4.78 is 7.43. The van der Waals surface area contributed by atoms with Gasteiger partial charge in [0.25, 0.3) is 11.6 Å². The van der Waals surface area contributed by atoms with Crippen LogP contribution >= 0.6 is 11.3 Å². The van der Waals surface area contributed by atoms with E-state index in [9.17, 15) is 24.5 Å². The molecular formula is C24H27N5O6S. The average Bonchev–Trinajstić information content (AvgIpc) is 3.36. The maximum absolute atomic E-state index is 13.0. The molecular weight excluding hydrogens is 486 g/mol. The number of fused-ring (bicyclic) bond motifs is 1. The normalized spacial score (nSPS) is 16.4. The van der Waals surface area contributed by atoms with Crippen LogP contribution in [0.25, 0.3) is 11.0 Å².